The van der Waals surface area contributed by atoms with Crippen molar-refractivity contribution < 1.29 is 4.79 Å². The van der Waals surface area contributed by atoms with E-state index in [0.29, 0.717) is 5.78 Å². The van der Waals surface area contributed by atoms with E-state index >= 15 is 0 Å². The number of Topliss-reactive ketones (excluding diaryl/α,β-unsaturated/α-hetero) is 1. The number of carbonyl (C=O) groups excluding carboxylic acids is 1. The molecule has 1 aliphatic carbocycles. The van der Waals surface area contributed by atoms with Crippen molar-refractivity contribution in [1.82, 2.24) is 9.78 Å². The minimum absolute atomic E-state index is 0.154. The van der Waals surface area contributed by atoms with Crippen molar-refractivity contribution in [1.29, 1.82) is 0 Å². The SMILES string of the molecule is Cc1nn(C)c(CC2CCCCC2=O)c1Cl. The van der Waals surface area contributed by atoms with Crippen LogP contribution in [0.3, 0.4) is 0 Å². The zero-order valence-electron chi connectivity index (χ0n) is 9.79. The van der Waals surface area contributed by atoms with E-state index in [9.17, 15) is 4.79 Å². The number of ketones is 1. The number of nitrogens with zero attached hydrogens (tertiary/aromatic N) is 2. The highest BCUT2D eigenvalue weighted by Gasteiger charge is 2.25. The van der Waals surface area contributed by atoms with Crippen LogP contribution in [0.25, 0.3) is 0 Å². The van der Waals surface area contributed by atoms with Gasteiger partial charge in [0.15, 0.2) is 0 Å². The first-order valence-corrected chi connectivity index (χ1v) is 6.18. The number of hydrogen-bond acceptors (Lipinski definition) is 2. The molecular formula is C12H17ClN2O. The van der Waals surface area contributed by atoms with Gasteiger partial charge in [0, 0.05) is 25.8 Å². The molecule has 0 aromatic carbocycles. The lowest BCUT2D eigenvalue weighted by Crippen LogP contribution is -2.22. The van der Waals surface area contributed by atoms with Gasteiger partial charge in [0.05, 0.1) is 16.4 Å². The van der Waals surface area contributed by atoms with Crippen molar-refractivity contribution in [3.63, 3.8) is 0 Å². The second-order valence-corrected chi connectivity index (χ2v) is 4.96. The van der Waals surface area contributed by atoms with Gasteiger partial charge in [0.2, 0.25) is 0 Å². The van der Waals surface area contributed by atoms with E-state index in [0.717, 1.165) is 48.5 Å². The normalized spacial score (nSPS) is 21.4. The van der Waals surface area contributed by atoms with E-state index in [1.54, 1.807) is 4.68 Å². The smallest absolute Gasteiger partial charge is 0.136 e. The standard InChI is InChI=1S/C12H17ClN2O/c1-8-12(13)10(15(2)14-8)7-9-5-3-4-6-11(9)16/h9H,3-7H2,1-2H3. The van der Waals surface area contributed by atoms with Crippen LogP contribution in [0.5, 0.6) is 0 Å². The number of rotatable bonds is 2. The predicted molar refractivity (Wildman–Crippen MR) is 63.6 cm³/mol. The van der Waals surface area contributed by atoms with E-state index in [1.165, 1.54) is 0 Å². The Bertz CT molecular complexity index is 411. The third-order valence-corrected chi connectivity index (χ3v) is 3.87. The maximum absolute atomic E-state index is 11.8. The minimum atomic E-state index is 0.154. The minimum Gasteiger partial charge on any atom is -0.299 e. The Labute approximate surface area is 101 Å². The Morgan fingerprint density at radius 1 is 1.50 bits per heavy atom. The molecule has 1 aromatic rings. The van der Waals surface area contributed by atoms with Crippen LogP contribution >= 0.6 is 11.6 Å². The van der Waals surface area contributed by atoms with Gasteiger partial charge in [-0.1, -0.05) is 18.0 Å². The largest absolute Gasteiger partial charge is 0.299 e. The average Bonchev–Trinajstić information content (AvgIpc) is 2.48. The Balaban J connectivity index is 2.16. The number of halogens is 1. The van der Waals surface area contributed by atoms with Gasteiger partial charge in [-0.2, -0.15) is 5.10 Å². The molecule has 2 rings (SSSR count). The lowest BCUT2D eigenvalue weighted by Gasteiger charge is -2.20. The van der Waals surface area contributed by atoms with Crippen LogP contribution in [0.4, 0.5) is 0 Å². The van der Waals surface area contributed by atoms with Gasteiger partial charge in [-0.05, 0) is 19.8 Å². The molecule has 4 heteroatoms. The molecule has 0 aliphatic heterocycles. The molecule has 88 valence electrons. The molecule has 0 radical (unpaired) electrons. The zero-order valence-corrected chi connectivity index (χ0v) is 10.5. The number of aryl methyl sites for hydroxylation is 2. The molecule has 1 aromatic heterocycles. The van der Waals surface area contributed by atoms with Crippen LogP contribution in [0.2, 0.25) is 5.02 Å². The van der Waals surface area contributed by atoms with Crippen molar-refractivity contribution in [3.05, 3.63) is 16.4 Å². The Morgan fingerprint density at radius 3 is 2.81 bits per heavy atom. The lowest BCUT2D eigenvalue weighted by atomic mass is 9.85. The quantitative estimate of drug-likeness (QED) is 0.797. The molecule has 3 nitrogen and oxygen atoms in total. The number of carbonyl (C=O) groups is 1. The van der Waals surface area contributed by atoms with Gasteiger partial charge in [0.25, 0.3) is 0 Å². The highest BCUT2D eigenvalue weighted by molar-refractivity contribution is 6.31. The molecule has 0 bridgehead atoms. The lowest BCUT2D eigenvalue weighted by molar-refractivity contribution is -0.124. The first kappa shape index (κ1) is 11.6. The highest BCUT2D eigenvalue weighted by atomic mass is 35.5. The number of aromatic nitrogens is 2. The van der Waals surface area contributed by atoms with Crippen LogP contribution in [0.15, 0.2) is 0 Å². The van der Waals surface area contributed by atoms with E-state index < -0.39 is 0 Å². The third-order valence-electron chi connectivity index (χ3n) is 3.38. The fourth-order valence-electron chi connectivity index (χ4n) is 2.41. The Morgan fingerprint density at radius 2 is 2.25 bits per heavy atom. The molecular weight excluding hydrogens is 224 g/mol. The molecule has 0 spiro atoms. The van der Waals surface area contributed by atoms with E-state index in [4.69, 9.17) is 11.6 Å². The summed E-state index contributed by atoms with van der Waals surface area (Å²) >= 11 is 6.19. The summed E-state index contributed by atoms with van der Waals surface area (Å²) in [4.78, 5) is 11.8. The molecule has 16 heavy (non-hydrogen) atoms. The second kappa shape index (κ2) is 4.58. The van der Waals surface area contributed by atoms with E-state index in [-0.39, 0.29) is 5.92 Å². The molecule has 1 unspecified atom stereocenters. The van der Waals surface area contributed by atoms with Gasteiger partial charge < -0.3 is 0 Å². The molecule has 1 atom stereocenters. The monoisotopic (exact) mass is 240 g/mol. The Hall–Kier alpha value is -0.830. The number of hydrogen-bond donors (Lipinski definition) is 0. The summed E-state index contributed by atoms with van der Waals surface area (Å²) in [6.45, 7) is 1.90. The third kappa shape index (κ3) is 2.14. The first-order chi connectivity index (χ1) is 7.59. The summed E-state index contributed by atoms with van der Waals surface area (Å²) in [5.41, 5.74) is 1.85. The average molecular weight is 241 g/mol. The zero-order chi connectivity index (χ0) is 11.7. The first-order valence-electron chi connectivity index (χ1n) is 5.80. The van der Waals surface area contributed by atoms with Gasteiger partial charge >= 0.3 is 0 Å². The van der Waals surface area contributed by atoms with E-state index in [1.807, 2.05) is 14.0 Å². The summed E-state index contributed by atoms with van der Waals surface area (Å²) in [6, 6.07) is 0. The predicted octanol–water partition coefficient (Wildman–Crippen LogP) is 2.68. The van der Waals surface area contributed by atoms with Crippen molar-refractivity contribution in [2.75, 3.05) is 0 Å². The van der Waals surface area contributed by atoms with Gasteiger partial charge in [-0.25, -0.2) is 0 Å². The topological polar surface area (TPSA) is 34.9 Å². The molecule has 1 heterocycles. The fourth-order valence-corrected chi connectivity index (χ4v) is 2.64. The molecule has 1 saturated carbocycles. The second-order valence-electron chi connectivity index (χ2n) is 4.58. The molecule has 0 N–H and O–H groups in total. The summed E-state index contributed by atoms with van der Waals surface area (Å²) in [5, 5.41) is 5.00. The molecule has 0 saturated heterocycles. The summed E-state index contributed by atoms with van der Waals surface area (Å²) in [7, 11) is 1.89. The molecule has 1 fully saturated rings. The van der Waals surface area contributed by atoms with Gasteiger partial charge in [-0.15, -0.1) is 0 Å². The molecule has 1 aliphatic rings. The summed E-state index contributed by atoms with van der Waals surface area (Å²) < 4.78 is 1.81. The van der Waals surface area contributed by atoms with Gasteiger partial charge in [-0.3, -0.25) is 9.48 Å². The van der Waals surface area contributed by atoms with Crippen LogP contribution in [0.1, 0.15) is 37.1 Å². The maximum atomic E-state index is 11.8. The Kier molecular flexibility index (Phi) is 3.33. The highest BCUT2D eigenvalue weighted by Crippen LogP contribution is 2.28. The van der Waals surface area contributed by atoms with Crippen LogP contribution < -0.4 is 0 Å². The van der Waals surface area contributed by atoms with Crippen molar-refractivity contribution in [2.45, 2.75) is 39.0 Å². The van der Waals surface area contributed by atoms with Crippen LogP contribution in [-0.4, -0.2) is 15.6 Å². The van der Waals surface area contributed by atoms with Crippen molar-refractivity contribution >= 4 is 17.4 Å². The van der Waals surface area contributed by atoms with Crippen LogP contribution in [0, 0.1) is 12.8 Å². The van der Waals surface area contributed by atoms with Crippen LogP contribution in [-0.2, 0) is 18.3 Å². The van der Waals surface area contributed by atoms with Gasteiger partial charge in [0.1, 0.15) is 5.78 Å². The van der Waals surface area contributed by atoms with Crippen molar-refractivity contribution in [3.8, 4) is 0 Å². The summed E-state index contributed by atoms with van der Waals surface area (Å²) in [6.07, 6.45) is 4.69. The van der Waals surface area contributed by atoms with E-state index in [2.05, 4.69) is 5.10 Å². The molecule has 0 amide bonds. The fraction of sp³-hybridized carbons (Fsp3) is 0.667. The maximum Gasteiger partial charge on any atom is 0.136 e. The van der Waals surface area contributed by atoms with Crippen molar-refractivity contribution in [2.24, 2.45) is 13.0 Å². The summed E-state index contributed by atoms with van der Waals surface area (Å²) in [5.74, 6) is 0.544.